The minimum absolute atomic E-state index is 0.191. The van der Waals surface area contributed by atoms with Crippen molar-refractivity contribution in [1.82, 2.24) is 5.32 Å². The fourth-order valence-corrected chi connectivity index (χ4v) is 2.74. The van der Waals surface area contributed by atoms with Crippen molar-refractivity contribution in [3.8, 4) is 0 Å². The lowest BCUT2D eigenvalue weighted by atomic mass is 10.2. The van der Waals surface area contributed by atoms with E-state index in [2.05, 4.69) is 23.0 Å². The smallest absolute Gasteiger partial charge is 0.306 e. The van der Waals surface area contributed by atoms with Gasteiger partial charge in [0.15, 0.2) is 0 Å². The zero-order chi connectivity index (χ0) is 14.1. The van der Waals surface area contributed by atoms with E-state index in [4.69, 9.17) is 11.6 Å². The van der Waals surface area contributed by atoms with Crippen molar-refractivity contribution in [2.24, 2.45) is 0 Å². The first-order valence-electron chi connectivity index (χ1n) is 6.36. The van der Waals surface area contributed by atoms with Crippen LogP contribution in [0.1, 0.15) is 25.3 Å². The third-order valence-electron chi connectivity index (χ3n) is 2.54. The summed E-state index contributed by atoms with van der Waals surface area (Å²) in [6.07, 6.45) is 1.52. The molecule has 3 nitrogen and oxygen atoms in total. The van der Waals surface area contributed by atoms with E-state index < -0.39 is 0 Å². The third-order valence-corrected chi connectivity index (χ3v) is 4.04. The predicted molar refractivity (Wildman–Crippen MR) is 80.8 cm³/mol. The summed E-state index contributed by atoms with van der Waals surface area (Å²) in [5, 5.41) is 4.08. The third kappa shape index (κ3) is 6.32. The molecule has 0 radical (unpaired) electrons. The molecule has 0 fully saturated rings. The van der Waals surface area contributed by atoms with Gasteiger partial charge in [0.1, 0.15) is 0 Å². The van der Waals surface area contributed by atoms with E-state index in [1.165, 1.54) is 12.7 Å². The number of carbonyl (C=O) groups is 1. The Balaban J connectivity index is 2.45. The van der Waals surface area contributed by atoms with Crippen LogP contribution in [0, 0.1) is 0 Å². The molecule has 0 spiro atoms. The molecule has 0 amide bonds. The molecule has 0 heterocycles. The second kappa shape index (κ2) is 9.23. The molecule has 19 heavy (non-hydrogen) atoms. The Labute approximate surface area is 124 Å². The van der Waals surface area contributed by atoms with Crippen molar-refractivity contribution in [2.75, 3.05) is 19.4 Å². The van der Waals surface area contributed by atoms with Gasteiger partial charge in [0.2, 0.25) is 0 Å². The molecule has 0 aliphatic carbocycles. The van der Waals surface area contributed by atoms with E-state index in [0.29, 0.717) is 12.2 Å². The van der Waals surface area contributed by atoms with Gasteiger partial charge in [-0.3, -0.25) is 4.79 Å². The molecule has 0 atom stereocenters. The molecule has 106 valence electrons. The zero-order valence-corrected chi connectivity index (χ0v) is 12.9. The summed E-state index contributed by atoms with van der Waals surface area (Å²) < 4.78 is 4.60. The molecule has 1 aromatic rings. The Morgan fingerprint density at radius 1 is 1.47 bits per heavy atom. The number of esters is 1. The maximum atomic E-state index is 11.0. The number of hydrogen-bond acceptors (Lipinski definition) is 4. The topological polar surface area (TPSA) is 38.3 Å². The summed E-state index contributed by atoms with van der Waals surface area (Å²) in [5.41, 5.74) is 1.18. The van der Waals surface area contributed by atoms with Crippen LogP contribution >= 0.6 is 23.4 Å². The van der Waals surface area contributed by atoms with Crippen LogP contribution in [0.15, 0.2) is 23.1 Å². The van der Waals surface area contributed by atoms with E-state index >= 15 is 0 Å². The van der Waals surface area contributed by atoms with Gasteiger partial charge >= 0.3 is 5.97 Å². The summed E-state index contributed by atoms with van der Waals surface area (Å²) in [4.78, 5) is 12.0. The highest BCUT2D eigenvalue weighted by Gasteiger charge is 2.05. The van der Waals surface area contributed by atoms with Crippen molar-refractivity contribution >= 4 is 29.3 Å². The number of ether oxygens (including phenoxy) is 1. The highest BCUT2D eigenvalue weighted by atomic mass is 35.5. The number of methoxy groups -OCH3 is 1. The van der Waals surface area contributed by atoms with Gasteiger partial charge in [-0.1, -0.05) is 24.6 Å². The molecular formula is C14H20ClNO2S. The van der Waals surface area contributed by atoms with E-state index in [0.717, 1.165) is 29.4 Å². The lowest BCUT2D eigenvalue weighted by molar-refractivity contribution is -0.140. The van der Waals surface area contributed by atoms with Crippen molar-refractivity contribution in [1.29, 1.82) is 0 Å². The normalized spacial score (nSPS) is 10.5. The van der Waals surface area contributed by atoms with Crippen LogP contribution in [-0.4, -0.2) is 25.4 Å². The van der Waals surface area contributed by atoms with Crippen LogP contribution in [0.5, 0.6) is 0 Å². The molecule has 0 saturated carbocycles. The number of benzene rings is 1. The van der Waals surface area contributed by atoms with Crippen molar-refractivity contribution in [3.05, 3.63) is 28.8 Å². The van der Waals surface area contributed by atoms with E-state index in [9.17, 15) is 4.79 Å². The summed E-state index contributed by atoms with van der Waals surface area (Å²) in [6.45, 7) is 3.98. The Hall–Kier alpha value is -0.710. The molecule has 1 N–H and O–H groups in total. The van der Waals surface area contributed by atoms with Crippen LogP contribution in [0.3, 0.4) is 0 Å². The Morgan fingerprint density at radius 2 is 2.26 bits per heavy atom. The molecule has 1 aromatic carbocycles. The molecule has 0 bridgehead atoms. The first kappa shape index (κ1) is 16.3. The summed E-state index contributed by atoms with van der Waals surface area (Å²) in [7, 11) is 1.40. The van der Waals surface area contributed by atoms with E-state index in [-0.39, 0.29) is 5.97 Å². The number of rotatable bonds is 8. The largest absolute Gasteiger partial charge is 0.469 e. The number of hydrogen-bond donors (Lipinski definition) is 1. The molecule has 0 saturated heterocycles. The summed E-state index contributed by atoms with van der Waals surface area (Å²) in [5.74, 6) is 0.490. The van der Waals surface area contributed by atoms with Crippen LogP contribution < -0.4 is 5.32 Å². The molecule has 0 unspecified atom stereocenters. The Bertz CT molecular complexity index is 412. The van der Waals surface area contributed by atoms with Crippen molar-refractivity contribution in [3.63, 3.8) is 0 Å². The second-order valence-corrected chi connectivity index (χ2v) is 5.66. The van der Waals surface area contributed by atoms with E-state index in [1.54, 1.807) is 11.8 Å². The molecule has 0 aromatic heterocycles. The minimum atomic E-state index is -0.191. The molecule has 0 aliphatic heterocycles. The highest BCUT2D eigenvalue weighted by Crippen LogP contribution is 2.28. The lowest BCUT2D eigenvalue weighted by Gasteiger charge is -2.07. The maximum Gasteiger partial charge on any atom is 0.306 e. The van der Waals surface area contributed by atoms with Crippen LogP contribution in [-0.2, 0) is 16.1 Å². The highest BCUT2D eigenvalue weighted by molar-refractivity contribution is 7.99. The van der Waals surface area contributed by atoms with Crippen molar-refractivity contribution in [2.45, 2.75) is 31.2 Å². The van der Waals surface area contributed by atoms with Gasteiger partial charge in [-0.15, -0.1) is 11.8 Å². The monoisotopic (exact) mass is 301 g/mol. The SMILES string of the molecule is CCCNCc1ccc(SCCC(=O)OC)c(Cl)c1. The Morgan fingerprint density at radius 3 is 2.89 bits per heavy atom. The van der Waals surface area contributed by atoms with Crippen LogP contribution in [0.2, 0.25) is 5.02 Å². The van der Waals surface area contributed by atoms with Gasteiger partial charge in [0.25, 0.3) is 0 Å². The maximum absolute atomic E-state index is 11.0. The summed E-state index contributed by atoms with van der Waals surface area (Å²) in [6, 6.07) is 6.05. The molecule has 1 rings (SSSR count). The van der Waals surface area contributed by atoms with Gasteiger partial charge < -0.3 is 10.1 Å². The first-order valence-corrected chi connectivity index (χ1v) is 7.72. The molecular weight excluding hydrogens is 282 g/mol. The zero-order valence-electron chi connectivity index (χ0n) is 11.4. The lowest BCUT2D eigenvalue weighted by Crippen LogP contribution is -2.13. The number of nitrogens with one attached hydrogen (secondary N) is 1. The van der Waals surface area contributed by atoms with E-state index in [1.807, 2.05) is 12.1 Å². The number of halogens is 1. The van der Waals surface area contributed by atoms with Gasteiger partial charge in [0, 0.05) is 17.2 Å². The van der Waals surface area contributed by atoms with Crippen LogP contribution in [0.4, 0.5) is 0 Å². The number of carbonyl (C=O) groups excluding carboxylic acids is 1. The molecule has 5 heteroatoms. The standard InChI is InChI=1S/C14H20ClNO2S/c1-3-7-16-10-11-4-5-13(12(15)9-11)19-8-6-14(17)18-2/h4-5,9,16H,3,6-8,10H2,1-2H3. The number of thioether (sulfide) groups is 1. The van der Waals surface area contributed by atoms with Gasteiger partial charge in [0.05, 0.1) is 18.6 Å². The quantitative estimate of drug-likeness (QED) is 0.453. The van der Waals surface area contributed by atoms with Gasteiger partial charge in [-0.2, -0.15) is 0 Å². The first-order chi connectivity index (χ1) is 9.17. The van der Waals surface area contributed by atoms with Gasteiger partial charge in [-0.25, -0.2) is 0 Å². The second-order valence-electron chi connectivity index (χ2n) is 4.12. The summed E-state index contributed by atoms with van der Waals surface area (Å²) >= 11 is 7.80. The fraction of sp³-hybridized carbons (Fsp3) is 0.500. The minimum Gasteiger partial charge on any atom is -0.469 e. The predicted octanol–water partition coefficient (Wildman–Crippen LogP) is 3.49. The van der Waals surface area contributed by atoms with Crippen molar-refractivity contribution < 1.29 is 9.53 Å². The van der Waals surface area contributed by atoms with Gasteiger partial charge in [-0.05, 0) is 30.7 Å². The van der Waals surface area contributed by atoms with Crippen LogP contribution in [0.25, 0.3) is 0 Å². The molecule has 0 aliphatic rings. The Kier molecular flexibility index (Phi) is 7.94. The fourth-order valence-electron chi connectivity index (χ4n) is 1.53. The average molecular weight is 302 g/mol. The average Bonchev–Trinajstić information content (AvgIpc) is 2.41.